The van der Waals surface area contributed by atoms with E-state index < -0.39 is 0 Å². The van der Waals surface area contributed by atoms with Crippen molar-refractivity contribution in [3.05, 3.63) is 64.2 Å². The Morgan fingerprint density at radius 2 is 2.00 bits per heavy atom. The van der Waals surface area contributed by atoms with Crippen LogP contribution in [0, 0.1) is 12.8 Å². The second-order valence-corrected chi connectivity index (χ2v) is 8.26. The summed E-state index contributed by atoms with van der Waals surface area (Å²) < 4.78 is 1.37. The number of amides is 1. The van der Waals surface area contributed by atoms with Crippen LogP contribution in [0.25, 0.3) is 16.9 Å². The van der Waals surface area contributed by atoms with E-state index in [2.05, 4.69) is 27.3 Å². The molecule has 3 aromatic rings. The molecule has 4 N–H and O–H groups in total. The number of carbonyl (C=O) groups is 1. The van der Waals surface area contributed by atoms with Gasteiger partial charge in [-0.3, -0.25) is 14.7 Å². The number of nitrogens with two attached hydrogens (primary N) is 1. The van der Waals surface area contributed by atoms with Gasteiger partial charge in [0.15, 0.2) is 5.82 Å². The van der Waals surface area contributed by atoms with E-state index in [4.69, 9.17) is 5.73 Å². The summed E-state index contributed by atoms with van der Waals surface area (Å²) in [5.74, 6) is 0.798. The number of nitrogens with zero attached hydrogens (tertiary/aromatic N) is 3. The maximum atomic E-state index is 12.9. The molecule has 8 heteroatoms. The molecule has 1 aliphatic heterocycles. The van der Waals surface area contributed by atoms with E-state index >= 15 is 0 Å². The first kappa shape index (κ1) is 20.9. The number of carbonyl (C=O) groups excluding carboxylic acids is 1. The summed E-state index contributed by atoms with van der Waals surface area (Å²) >= 11 is 0. The first-order valence-corrected chi connectivity index (χ1v) is 10.5. The normalized spacial score (nSPS) is 15.2. The highest BCUT2D eigenvalue weighted by atomic mass is 16.1. The molecular formula is C23H28N6O2. The average Bonchev–Trinajstić information content (AvgIpc) is 3.14. The molecule has 0 spiro atoms. The topological polar surface area (TPSA) is 109 Å². The lowest BCUT2D eigenvalue weighted by atomic mass is 9.97. The van der Waals surface area contributed by atoms with Crippen molar-refractivity contribution in [3.8, 4) is 16.9 Å². The van der Waals surface area contributed by atoms with Gasteiger partial charge in [0.1, 0.15) is 0 Å². The highest BCUT2D eigenvalue weighted by molar-refractivity contribution is 5.93. The van der Waals surface area contributed by atoms with Crippen LogP contribution >= 0.6 is 0 Å². The molecule has 0 aliphatic carbocycles. The van der Waals surface area contributed by atoms with Crippen molar-refractivity contribution in [2.45, 2.75) is 19.8 Å². The lowest BCUT2D eigenvalue weighted by Gasteiger charge is -2.28. The van der Waals surface area contributed by atoms with Crippen molar-refractivity contribution in [1.82, 2.24) is 25.0 Å². The molecule has 8 nitrogen and oxygen atoms in total. The molecule has 0 unspecified atom stereocenters. The standard InChI is InChI=1S/C23H28N6O2/c1-15-11-18(24)4-5-19(15)20-14-27-29(23(20)31)21-6-3-17(13-25-21)22(30)26-12-16-7-9-28(2)10-8-16/h3-6,11,13-14,16,27H,7-10,12,24H2,1-2H3,(H,26,30). The second-order valence-electron chi connectivity index (χ2n) is 8.26. The number of benzene rings is 1. The van der Waals surface area contributed by atoms with Crippen molar-refractivity contribution < 1.29 is 4.79 Å². The maximum absolute atomic E-state index is 12.9. The summed E-state index contributed by atoms with van der Waals surface area (Å²) in [6, 6.07) is 8.81. The highest BCUT2D eigenvalue weighted by Gasteiger charge is 2.18. The molecule has 31 heavy (non-hydrogen) atoms. The highest BCUT2D eigenvalue weighted by Crippen LogP contribution is 2.22. The number of aryl methyl sites for hydroxylation is 1. The van der Waals surface area contributed by atoms with Crippen LogP contribution in [0.1, 0.15) is 28.8 Å². The van der Waals surface area contributed by atoms with Crippen molar-refractivity contribution in [2.75, 3.05) is 32.4 Å². The van der Waals surface area contributed by atoms with Crippen LogP contribution in [0.15, 0.2) is 47.5 Å². The van der Waals surface area contributed by atoms with Crippen molar-refractivity contribution in [3.63, 3.8) is 0 Å². The van der Waals surface area contributed by atoms with E-state index in [0.29, 0.717) is 35.1 Å². The smallest absolute Gasteiger partial charge is 0.280 e. The number of rotatable bonds is 5. The Hall–Kier alpha value is -3.39. The molecule has 1 amide bonds. The number of aromatic nitrogens is 3. The molecule has 162 valence electrons. The molecular weight excluding hydrogens is 392 g/mol. The van der Waals surface area contributed by atoms with Crippen LogP contribution in [0.4, 0.5) is 5.69 Å². The predicted molar refractivity (Wildman–Crippen MR) is 121 cm³/mol. The lowest BCUT2D eigenvalue weighted by molar-refractivity contribution is 0.0938. The molecule has 1 fully saturated rings. The number of nitrogen functional groups attached to an aromatic ring is 1. The Balaban J connectivity index is 1.45. The third-order valence-corrected chi connectivity index (χ3v) is 5.94. The summed E-state index contributed by atoms with van der Waals surface area (Å²) in [5.41, 5.74) is 9.02. The van der Waals surface area contributed by atoms with Crippen LogP contribution in [-0.4, -0.2) is 52.3 Å². The minimum Gasteiger partial charge on any atom is -0.399 e. The number of pyridine rings is 1. The molecule has 1 aliphatic rings. The van der Waals surface area contributed by atoms with E-state index in [1.54, 1.807) is 24.4 Å². The van der Waals surface area contributed by atoms with Gasteiger partial charge in [0.05, 0.1) is 11.1 Å². The molecule has 0 atom stereocenters. The maximum Gasteiger partial charge on any atom is 0.280 e. The van der Waals surface area contributed by atoms with Gasteiger partial charge in [-0.05, 0) is 81.2 Å². The van der Waals surface area contributed by atoms with E-state index in [0.717, 1.165) is 37.1 Å². The summed E-state index contributed by atoms with van der Waals surface area (Å²) in [6.07, 6.45) is 5.35. The van der Waals surface area contributed by atoms with Gasteiger partial charge in [-0.25, -0.2) is 9.67 Å². The van der Waals surface area contributed by atoms with Crippen LogP contribution < -0.4 is 16.6 Å². The number of hydrogen-bond donors (Lipinski definition) is 3. The summed E-state index contributed by atoms with van der Waals surface area (Å²) in [6.45, 7) is 4.73. The lowest BCUT2D eigenvalue weighted by Crippen LogP contribution is -2.36. The molecule has 1 saturated heterocycles. The number of likely N-dealkylation sites (tertiary alicyclic amines) is 1. The van der Waals surface area contributed by atoms with Gasteiger partial charge in [0.2, 0.25) is 0 Å². The summed E-state index contributed by atoms with van der Waals surface area (Å²) in [4.78, 5) is 32.0. The molecule has 2 aromatic heterocycles. The van der Waals surface area contributed by atoms with Gasteiger partial charge in [-0.1, -0.05) is 6.07 Å². The van der Waals surface area contributed by atoms with Gasteiger partial charge in [0.25, 0.3) is 11.5 Å². The first-order valence-electron chi connectivity index (χ1n) is 10.5. The van der Waals surface area contributed by atoms with E-state index in [9.17, 15) is 9.59 Å². The van der Waals surface area contributed by atoms with Crippen LogP contribution in [0.3, 0.4) is 0 Å². The Bertz CT molecular complexity index is 1120. The Morgan fingerprint density at radius 1 is 1.23 bits per heavy atom. The fourth-order valence-electron chi connectivity index (χ4n) is 3.98. The van der Waals surface area contributed by atoms with Gasteiger partial charge in [-0.2, -0.15) is 0 Å². The molecule has 0 bridgehead atoms. The van der Waals surface area contributed by atoms with Crippen molar-refractivity contribution >= 4 is 11.6 Å². The van der Waals surface area contributed by atoms with E-state index in [1.165, 1.54) is 10.9 Å². The molecule has 0 saturated carbocycles. The third kappa shape index (κ3) is 4.54. The minimum absolute atomic E-state index is 0.144. The number of piperidine rings is 1. The minimum atomic E-state index is -0.208. The average molecular weight is 421 g/mol. The molecule has 1 aromatic carbocycles. The van der Waals surface area contributed by atoms with Gasteiger partial charge >= 0.3 is 0 Å². The number of H-pyrrole nitrogens is 1. The van der Waals surface area contributed by atoms with Gasteiger partial charge in [0, 0.05) is 24.6 Å². The van der Waals surface area contributed by atoms with Crippen molar-refractivity contribution in [2.24, 2.45) is 5.92 Å². The zero-order valence-corrected chi connectivity index (χ0v) is 17.9. The molecule has 0 radical (unpaired) electrons. The monoisotopic (exact) mass is 420 g/mol. The Kier molecular flexibility index (Phi) is 5.90. The third-order valence-electron chi connectivity index (χ3n) is 5.94. The summed E-state index contributed by atoms with van der Waals surface area (Å²) in [5, 5.41) is 5.96. The Morgan fingerprint density at radius 3 is 2.68 bits per heavy atom. The van der Waals surface area contributed by atoms with Gasteiger partial charge < -0.3 is 16.0 Å². The second kappa shape index (κ2) is 8.77. The fourth-order valence-corrected chi connectivity index (χ4v) is 3.98. The number of nitrogens with one attached hydrogen (secondary N) is 2. The number of aromatic amines is 1. The quantitative estimate of drug-likeness (QED) is 0.548. The van der Waals surface area contributed by atoms with E-state index in [1.807, 2.05) is 19.1 Å². The first-order chi connectivity index (χ1) is 14.9. The van der Waals surface area contributed by atoms with Crippen LogP contribution in [-0.2, 0) is 0 Å². The fraction of sp³-hybridized carbons (Fsp3) is 0.348. The Labute approximate surface area is 181 Å². The zero-order valence-electron chi connectivity index (χ0n) is 17.9. The number of hydrogen-bond acceptors (Lipinski definition) is 5. The number of anilines is 1. The zero-order chi connectivity index (χ0) is 22.0. The molecule has 4 rings (SSSR count). The largest absolute Gasteiger partial charge is 0.399 e. The van der Waals surface area contributed by atoms with E-state index in [-0.39, 0.29) is 11.5 Å². The van der Waals surface area contributed by atoms with Gasteiger partial charge in [-0.15, -0.1) is 0 Å². The predicted octanol–water partition coefficient (Wildman–Crippen LogP) is 2.19. The van der Waals surface area contributed by atoms with Crippen LogP contribution in [0.5, 0.6) is 0 Å². The van der Waals surface area contributed by atoms with Crippen molar-refractivity contribution in [1.29, 1.82) is 0 Å². The molecule has 3 heterocycles. The SMILES string of the molecule is Cc1cc(N)ccc1-c1c[nH]n(-c2ccc(C(=O)NCC3CCN(C)CC3)cn2)c1=O. The summed E-state index contributed by atoms with van der Waals surface area (Å²) in [7, 11) is 2.12. The van der Waals surface area contributed by atoms with Crippen LogP contribution in [0.2, 0.25) is 0 Å².